The van der Waals surface area contributed by atoms with E-state index >= 15 is 0 Å². The van der Waals surface area contributed by atoms with E-state index in [4.69, 9.17) is 9.15 Å². The summed E-state index contributed by atoms with van der Waals surface area (Å²) in [5.41, 5.74) is 1.17. The van der Waals surface area contributed by atoms with Crippen molar-refractivity contribution in [2.24, 2.45) is 0 Å². The predicted molar refractivity (Wildman–Crippen MR) is 118 cm³/mol. The Balaban J connectivity index is 1.55. The summed E-state index contributed by atoms with van der Waals surface area (Å²) in [5, 5.41) is 9.52. The zero-order chi connectivity index (χ0) is 24.7. The van der Waals surface area contributed by atoms with Crippen molar-refractivity contribution in [2.45, 2.75) is 38.0 Å². The van der Waals surface area contributed by atoms with Crippen molar-refractivity contribution in [1.82, 2.24) is 14.9 Å². The number of halogens is 2. The van der Waals surface area contributed by atoms with Gasteiger partial charge in [0, 0.05) is 24.8 Å². The molecule has 2 aliphatic rings. The summed E-state index contributed by atoms with van der Waals surface area (Å²) in [6, 6.07) is 7.72. The van der Waals surface area contributed by atoms with E-state index in [0.717, 1.165) is 0 Å². The van der Waals surface area contributed by atoms with Crippen LogP contribution in [0.5, 0.6) is 5.75 Å². The molecule has 4 heterocycles. The van der Waals surface area contributed by atoms with Crippen molar-refractivity contribution in [3.8, 4) is 17.0 Å². The normalized spacial score (nSPS) is 19.7. The molecule has 0 radical (unpaired) electrons. The quantitative estimate of drug-likeness (QED) is 0.518. The summed E-state index contributed by atoms with van der Waals surface area (Å²) in [7, 11) is 0. The van der Waals surface area contributed by atoms with Crippen LogP contribution >= 0.6 is 0 Å². The van der Waals surface area contributed by atoms with Crippen LogP contribution in [0.15, 0.2) is 40.9 Å². The molecule has 12 heteroatoms. The highest BCUT2D eigenvalue weighted by Gasteiger charge is 2.46. The Morgan fingerprint density at radius 1 is 1.20 bits per heavy atom. The minimum Gasteiger partial charge on any atom is -0.465 e. The number of esters is 1. The van der Waals surface area contributed by atoms with Gasteiger partial charge in [-0.15, -0.1) is 0 Å². The van der Waals surface area contributed by atoms with Crippen molar-refractivity contribution < 1.29 is 37.4 Å². The molecule has 1 N–H and O–H groups in total. The Morgan fingerprint density at radius 2 is 1.94 bits per heavy atom. The summed E-state index contributed by atoms with van der Waals surface area (Å²) in [4.78, 5) is 35.3. The summed E-state index contributed by atoms with van der Waals surface area (Å²) >= 11 is 0. The molecular weight excluding hydrogens is 466 g/mol. The SMILES string of the molecule is CCOC(=O)C(F)(F)Oc1ccc(-c2ccccn2)c2oc(N3CC4CCC(C3)N4C(=O)O)nc12. The summed E-state index contributed by atoms with van der Waals surface area (Å²) in [5.74, 6) is -2.17. The molecule has 3 aromatic rings. The highest BCUT2D eigenvalue weighted by molar-refractivity contribution is 5.94. The summed E-state index contributed by atoms with van der Waals surface area (Å²) in [6.07, 6.45) is -2.19. The number of pyridine rings is 1. The zero-order valence-electron chi connectivity index (χ0n) is 18.7. The number of hydrogen-bond donors (Lipinski definition) is 1. The number of anilines is 1. The molecule has 10 nitrogen and oxygen atoms in total. The van der Waals surface area contributed by atoms with Gasteiger partial charge in [-0.25, -0.2) is 9.59 Å². The number of alkyl halides is 2. The first-order valence-electron chi connectivity index (χ1n) is 11.1. The molecule has 2 aliphatic heterocycles. The second kappa shape index (κ2) is 8.67. The Morgan fingerprint density at radius 3 is 2.57 bits per heavy atom. The zero-order valence-corrected chi connectivity index (χ0v) is 18.7. The molecule has 1 aromatic carbocycles. The van der Waals surface area contributed by atoms with Crippen LogP contribution in [0, 0.1) is 0 Å². The van der Waals surface area contributed by atoms with Crippen LogP contribution < -0.4 is 9.64 Å². The van der Waals surface area contributed by atoms with Crippen LogP contribution in [0.2, 0.25) is 0 Å². The van der Waals surface area contributed by atoms with E-state index in [1.807, 2.05) is 0 Å². The lowest BCUT2D eigenvalue weighted by molar-refractivity contribution is -0.216. The first-order chi connectivity index (χ1) is 16.8. The number of carboxylic acid groups (broad SMARTS) is 1. The van der Waals surface area contributed by atoms with Crippen LogP contribution in [0.3, 0.4) is 0 Å². The maximum absolute atomic E-state index is 14.4. The lowest BCUT2D eigenvalue weighted by atomic mass is 10.1. The summed E-state index contributed by atoms with van der Waals surface area (Å²) in [6.45, 7) is 1.88. The summed E-state index contributed by atoms with van der Waals surface area (Å²) < 4.78 is 44.0. The Kier molecular flexibility index (Phi) is 5.65. The Labute approximate surface area is 198 Å². The number of piperazine rings is 1. The van der Waals surface area contributed by atoms with Crippen molar-refractivity contribution >= 4 is 29.2 Å². The second-order valence-corrected chi connectivity index (χ2v) is 8.32. The molecular formula is C23H22F2N4O6. The molecule has 1 amide bonds. The lowest BCUT2D eigenvalue weighted by Gasteiger charge is -2.38. The number of fused-ring (bicyclic) bond motifs is 3. The third-order valence-electron chi connectivity index (χ3n) is 6.16. The van der Waals surface area contributed by atoms with E-state index in [-0.39, 0.29) is 41.6 Å². The fourth-order valence-corrected chi connectivity index (χ4v) is 4.68. The van der Waals surface area contributed by atoms with Crippen LogP contribution in [-0.4, -0.2) is 69.9 Å². The number of aromatic nitrogens is 2. The minimum absolute atomic E-state index is 0.0138. The number of amides is 1. The van der Waals surface area contributed by atoms with Gasteiger partial charge >= 0.3 is 18.2 Å². The maximum atomic E-state index is 14.4. The number of carbonyl (C=O) groups is 2. The van der Waals surface area contributed by atoms with E-state index in [2.05, 4.69) is 14.7 Å². The average molecular weight is 488 g/mol. The molecule has 35 heavy (non-hydrogen) atoms. The van der Waals surface area contributed by atoms with Gasteiger partial charge in [0.1, 0.15) is 0 Å². The maximum Gasteiger partial charge on any atom is 0.502 e. The number of oxazole rings is 1. The molecule has 2 bridgehead atoms. The Hall–Kier alpha value is -3.96. The van der Waals surface area contributed by atoms with Crippen molar-refractivity contribution in [1.29, 1.82) is 0 Å². The van der Waals surface area contributed by atoms with Gasteiger partial charge < -0.3 is 23.9 Å². The van der Waals surface area contributed by atoms with E-state index < -0.39 is 18.2 Å². The predicted octanol–water partition coefficient (Wildman–Crippen LogP) is 3.76. The monoisotopic (exact) mass is 488 g/mol. The molecule has 2 aromatic heterocycles. The Bertz CT molecular complexity index is 1250. The van der Waals surface area contributed by atoms with Gasteiger partial charge in [-0.3, -0.25) is 9.88 Å². The molecule has 2 saturated heterocycles. The number of ether oxygens (including phenoxy) is 2. The van der Waals surface area contributed by atoms with E-state index in [1.54, 1.807) is 29.3 Å². The molecule has 2 atom stereocenters. The molecule has 0 saturated carbocycles. The topological polar surface area (TPSA) is 118 Å². The standard InChI is InChI=1S/C23H22F2N4O6/c1-2-33-20(30)23(24,25)35-17-9-8-15(16-5-3-4-10-26-16)19-18(17)27-21(34-19)28-11-13-6-7-14(12-28)29(13)22(31)32/h3-5,8-10,13-14H,2,6-7,11-12H2,1H3,(H,31,32). The molecule has 184 valence electrons. The molecule has 0 spiro atoms. The fraction of sp³-hybridized carbons (Fsp3) is 0.391. The number of hydrogen-bond acceptors (Lipinski definition) is 8. The van der Waals surface area contributed by atoms with Crippen LogP contribution in [0.25, 0.3) is 22.4 Å². The molecule has 0 aliphatic carbocycles. The van der Waals surface area contributed by atoms with Crippen molar-refractivity contribution in [3.05, 3.63) is 36.5 Å². The second-order valence-electron chi connectivity index (χ2n) is 8.32. The number of benzene rings is 1. The third kappa shape index (κ3) is 4.08. The van der Waals surface area contributed by atoms with Crippen LogP contribution in [0.4, 0.5) is 19.6 Å². The first-order valence-corrected chi connectivity index (χ1v) is 11.1. The number of nitrogens with zero attached hydrogens (tertiary/aromatic N) is 4. The van der Waals surface area contributed by atoms with E-state index in [1.165, 1.54) is 24.0 Å². The van der Waals surface area contributed by atoms with Crippen LogP contribution in [-0.2, 0) is 9.53 Å². The minimum atomic E-state index is -4.24. The van der Waals surface area contributed by atoms with Crippen LogP contribution in [0.1, 0.15) is 19.8 Å². The molecule has 5 rings (SSSR count). The van der Waals surface area contributed by atoms with Crippen molar-refractivity contribution in [3.63, 3.8) is 0 Å². The van der Waals surface area contributed by atoms with Gasteiger partial charge in [0.25, 0.3) is 6.01 Å². The number of carbonyl (C=O) groups excluding carboxylic acids is 1. The third-order valence-corrected chi connectivity index (χ3v) is 6.16. The molecule has 2 fully saturated rings. The smallest absolute Gasteiger partial charge is 0.465 e. The van der Waals surface area contributed by atoms with Gasteiger partial charge in [-0.1, -0.05) is 6.07 Å². The number of rotatable bonds is 6. The fourth-order valence-electron chi connectivity index (χ4n) is 4.68. The largest absolute Gasteiger partial charge is 0.502 e. The average Bonchev–Trinajstić information content (AvgIpc) is 3.39. The van der Waals surface area contributed by atoms with E-state index in [9.17, 15) is 23.5 Å². The first kappa shape index (κ1) is 22.8. The molecule has 2 unspecified atom stereocenters. The van der Waals surface area contributed by atoms with Gasteiger partial charge in [0.15, 0.2) is 16.8 Å². The van der Waals surface area contributed by atoms with Gasteiger partial charge in [0.2, 0.25) is 0 Å². The van der Waals surface area contributed by atoms with Gasteiger partial charge in [0.05, 0.1) is 24.4 Å². The highest BCUT2D eigenvalue weighted by Crippen LogP contribution is 2.40. The van der Waals surface area contributed by atoms with Crippen molar-refractivity contribution in [2.75, 3.05) is 24.6 Å². The van der Waals surface area contributed by atoms with E-state index in [0.29, 0.717) is 37.2 Å². The lowest BCUT2D eigenvalue weighted by Crippen LogP contribution is -2.55. The van der Waals surface area contributed by atoms with Gasteiger partial charge in [-0.05, 0) is 44.0 Å². The highest BCUT2D eigenvalue weighted by atomic mass is 19.3. The van der Waals surface area contributed by atoms with Gasteiger partial charge in [-0.2, -0.15) is 13.8 Å².